The lowest BCUT2D eigenvalue weighted by Gasteiger charge is -2.28. The number of phenols is 1. The molecule has 0 fully saturated rings. The van der Waals surface area contributed by atoms with Crippen LogP contribution >= 0.6 is 0 Å². The van der Waals surface area contributed by atoms with E-state index in [0.29, 0.717) is 16.7 Å². The summed E-state index contributed by atoms with van der Waals surface area (Å²) in [6.45, 7) is 7.07. The lowest BCUT2D eigenvalue weighted by atomic mass is 9.99. The van der Waals surface area contributed by atoms with Crippen LogP contribution in [0.15, 0.2) is 90.1 Å². The average Bonchev–Trinajstić information content (AvgIpc) is 3.86. The standard InChI is InChI=1S/C56H76N12O14/c1-30(2)23-41(51(77)68-45(55(81)82)24-31(3)4)64-52(78)43(26-33-16-18-35(69)19-17-33)66-53(79)42(25-32-11-6-5-7-12-32)65-49(75)39(15-10-22-60-56(58)59)63-54(80)44(28-47(72)73)67-50(76)40(20-21-46(70)71)62-48(74)37(57)27-34-29-61-38-14-9-8-13-36(34)38/h5-9,11-14,16-19,29-31,37,39-45,61,69H,10,15,20-28,57H2,1-4H3,(H,62,74)(H,63,80)(H,64,78)(H,65,75)(H,66,79)(H,67,76)(H,68,77)(H,70,71)(H,72,73)(H,81,82)(H4,58,59,60)/t37-,39-,40-,41-,42-,43-,44-,45-/m0/s1. The van der Waals surface area contributed by atoms with Gasteiger partial charge in [0.05, 0.1) is 12.5 Å². The number of carbonyl (C=O) groups is 10. The van der Waals surface area contributed by atoms with Gasteiger partial charge in [0.15, 0.2) is 5.96 Å². The number of rotatable bonds is 34. The van der Waals surface area contributed by atoms with Crippen LogP contribution in [-0.2, 0) is 67.2 Å². The van der Waals surface area contributed by atoms with Crippen LogP contribution in [0, 0.1) is 11.8 Å². The monoisotopic (exact) mass is 1140 g/mol. The molecule has 0 spiro atoms. The normalized spacial score (nSPS) is 14.1. The largest absolute Gasteiger partial charge is 0.508 e. The van der Waals surface area contributed by atoms with Gasteiger partial charge in [0.2, 0.25) is 41.4 Å². The minimum atomic E-state index is -1.95. The molecule has 0 aliphatic rings. The van der Waals surface area contributed by atoms with Gasteiger partial charge in [0.1, 0.15) is 48.0 Å². The number of fused-ring (bicyclic) bond motifs is 1. The SMILES string of the molecule is CC(C)C[C@H](NC(=O)[C@H](CC(C)C)NC(=O)[C@H](Cc1ccc(O)cc1)NC(=O)[C@H](Cc1ccccc1)NC(=O)[C@H](CCCN=C(N)N)NC(=O)[C@H](CC(=O)O)NC(=O)[C@H](CCC(=O)O)NC(=O)[C@@H](N)Cc1c[nH]c2ccccc12)C(=O)O. The fraction of sp³-hybridized carbons (Fsp3) is 0.446. The Kier molecular flexibility index (Phi) is 25.7. The van der Waals surface area contributed by atoms with E-state index in [9.17, 15) is 68.4 Å². The number of aliphatic carboxylic acids is 3. The van der Waals surface area contributed by atoms with Crippen LogP contribution in [0.5, 0.6) is 5.75 Å². The van der Waals surface area contributed by atoms with Gasteiger partial charge in [-0.3, -0.25) is 48.1 Å². The first kappa shape index (κ1) is 65.4. The predicted molar refractivity (Wildman–Crippen MR) is 301 cm³/mol. The second kappa shape index (κ2) is 32.3. The number of nitrogens with zero attached hydrogens (tertiary/aromatic N) is 1. The number of aromatic amines is 1. The molecule has 1 aromatic heterocycles. The highest BCUT2D eigenvalue weighted by Crippen LogP contribution is 2.20. The number of nitrogens with one attached hydrogen (secondary N) is 8. The molecule has 7 amide bonds. The van der Waals surface area contributed by atoms with Gasteiger partial charge in [0, 0.05) is 42.9 Å². The number of benzene rings is 3. The summed E-state index contributed by atoms with van der Waals surface area (Å²) in [6, 6.07) is 9.30. The zero-order chi connectivity index (χ0) is 60.6. The minimum Gasteiger partial charge on any atom is -0.508 e. The summed E-state index contributed by atoms with van der Waals surface area (Å²) in [5, 5.41) is 57.8. The number of aromatic nitrogens is 1. The summed E-state index contributed by atoms with van der Waals surface area (Å²) in [4.78, 5) is 142. The number of phenolic OH excluding ortho intramolecular Hbond substituents is 1. The van der Waals surface area contributed by atoms with Gasteiger partial charge in [-0.15, -0.1) is 0 Å². The Morgan fingerprint density at radius 2 is 0.988 bits per heavy atom. The van der Waals surface area contributed by atoms with Gasteiger partial charge in [0.25, 0.3) is 0 Å². The Hall–Kier alpha value is -9.07. The van der Waals surface area contributed by atoms with Crippen LogP contribution in [0.3, 0.4) is 0 Å². The molecule has 444 valence electrons. The molecule has 0 bridgehead atoms. The first-order valence-corrected chi connectivity index (χ1v) is 26.8. The molecule has 0 aliphatic carbocycles. The first-order chi connectivity index (χ1) is 38.8. The van der Waals surface area contributed by atoms with E-state index in [0.717, 1.165) is 10.9 Å². The third kappa shape index (κ3) is 22.2. The van der Waals surface area contributed by atoms with Gasteiger partial charge in [-0.25, -0.2) is 4.79 Å². The van der Waals surface area contributed by atoms with Crippen molar-refractivity contribution in [3.63, 3.8) is 0 Å². The van der Waals surface area contributed by atoms with Crippen LogP contribution in [0.25, 0.3) is 10.9 Å². The molecule has 26 heteroatoms. The number of para-hydroxylation sites is 1. The van der Waals surface area contributed by atoms with Crippen LogP contribution < -0.4 is 54.4 Å². The Labute approximate surface area is 473 Å². The molecular formula is C56H76N12O14. The van der Waals surface area contributed by atoms with Crippen molar-refractivity contribution < 1.29 is 68.4 Å². The van der Waals surface area contributed by atoms with Crippen molar-refractivity contribution in [1.29, 1.82) is 0 Å². The highest BCUT2D eigenvalue weighted by molar-refractivity contribution is 5.99. The fourth-order valence-electron chi connectivity index (χ4n) is 8.77. The molecule has 18 N–H and O–H groups in total. The maximum absolute atomic E-state index is 14.7. The summed E-state index contributed by atoms with van der Waals surface area (Å²) < 4.78 is 0. The van der Waals surface area contributed by atoms with Gasteiger partial charge in [-0.2, -0.15) is 0 Å². The predicted octanol–water partition coefficient (Wildman–Crippen LogP) is 0.192. The van der Waals surface area contributed by atoms with Gasteiger partial charge >= 0.3 is 17.9 Å². The van der Waals surface area contributed by atoms with Gasteiger partial charge in [-0.05, 0) is 85.3 Å². The molecular weight excluding hydrogens is 1060 g/mol. The van der Waals surface area contributed by atoms with Crippen molar-refractivity contribution >= 4 is 76.1 Å². The van der Waals surface area contributed by atoms with Crippen molar-refractivity contribution in [2.75, 3.05) is 6.54 Å². The molecule has 4 aromatic rings. The third-order valence-corrected chi connectivity index (χ3v) is 12.9. The number of hydrogen-bond acceptors (Lipinski definition) is 13. The van der Waals surface area contributed by atoms with Crippen molar-refractivity contribution in [1.82, 2.24) is 42.2 Å². The lowest BCUT2D eigenvalue weighted by molar-refractivity contribution is -0.143. The summed E-state index contributed by atoms with van der Waals surface area (Å²) in [5.41, 5.74) is 19.7. The van der Waals surface area contributed by atoms with E-state index in [4.69, 9.17) is 17.2 Å². The fourth-order valence-corrected chi connectivity index (χ4v) is 8.77. The third-order valence-electron chi connectivity index (χ3n) is 12.9. The zero-order valence-corrected chi connectivity index (χ0v) is 46.2. The van der Waals surface area contributed by atoms with E-state index < -0.39 is 127 Å². The molecule has 26 nitrogen and oxygen atoms in total. The second-order valence-corrected chi connectivity index (χ2v) is 20.7. The summed E-state index contributed by atoms with van der Waals surface area (Å²) in [5.74, 6) is -11.7. The number of carboxylic acids is 3. The van der Waals surface area contributed by atoms with E-state index in [1.807, 2.05) is 18.2 Å². The quantitative estimate of drug-likeness (QED) is 0.0169. The molecule has 0 aliphatic heterocycles. The number of aromatic hydroxyl groups is 1. The maximum atomic E-state index is 14.7. The smallest absolute Gasteiger partial charge is 0.326 e. The van der Waals surface area contributed by atoms with Gasteiger partial charge < -0.3 is 79.8 Å². The maximum Gasteiger partial charge on any atom is 0.326 e. The lowest BCUT2D eigenvalue weighted by Crippen LogP contribution is -2.61. The zero-order valence-electron chi connectivity index (χ0n) is 46.2. The highest BCUT2D eigenvalue weighted by Gasteiger charge is 2.36. The van der Waals surface area contributed by atoms with E-state index in [1.165, 1.54) is 24.3 Å². The molecule has 0 saturated carbocycles. The second-order valence-electron chi connectivity index (χ2n) is 20.7. The van der Waals surface area contributed by atoms with Crippen molar-refractivity contribution in [2.24, 2.45) is 34.0 Å². The van der Waals surface area contributed by atoms with Crippen molar-refractivity contribution in [2.45, 2.75) is 140 Å². The molecule has 4 rings (SSSR count). The van der Waals surface area contributed by atoms with Crippen LogP contribution in [0.2, 0.25) is 0 Å². The number of H-pyrrole nitrogens is 1. The van der Waals surface area contributed by atoms with E-state index in [1.54, 1.807) is 70.3 Å². The summed E-state index contributed by atoms with van der Waals surface area (Å²) in [6.07, 6.45) is -1.07. The molecule has 82 heavy (non-hydrogen) atoms. The summed E-state index contributed by atoms with van der Waals surface area (Å²) >= 11 is 0. The van der Waals surface area contributed by atoms with Gasteiger partial charge in [-0.1, -0.05) is 88.4 Å². The number of nitrogens with two attached hydrogens (primary N) is 3. The topological polar surface area (TPSA) is 442 Å². The van der Waals surface area contributed by atoms with E-state index in [2.05, 4.69) is 47.2 Å². The first-order valence-electron chi connectivity index (χ1n) is 26.8. The summed E-state index contributed by atoms with van der Waals surface area (Å²) in [7, 11) is 0. The number of guanidine groups is 1. The highest BCUT2D eigenvalue weighted by atomic mass is 16.4. The average molecular weight is 1140 g/mol. The van der Waals surface area contributed by atoms with E-state index >= 15 is 0 Å². The number of amides is 7. The molecule has 8 atom stereocenters. The molecule has 3 aromatic carbocycles. The number of hydrogen-bond donors (Lipinski definition) is 15. The van der Waals surface area contributed by atoms with E-state index in [-0.39, 0.29) is 75.0 Å². The molecule has 1 heterocycles. The molecule has 0 saturated heterocycles. The number of carbonyl (C=O) groups excluding carboxylic acids is 7. The van der Waals surface area contributed by atoms with Crippen LogP contribution in [-0.4, -0.2) is 146 Å². The Morgan fingerprint density at radius 3 is 1.55 bits per heavy atom. The Bertz CT molecular complexity index is 2870. The van der Waals surface area contributed by atoms with Crippen molar-refractivity contribution in [3.05, 3.63) is 102 Å². The van der Waals surface area contributed by atoms with Crippen LogP contribution in [0.4, 0.5) is 0 Å². The number of aliphatic imine (C=N–C) groups is 1. The molecule has 0 unspecified atom stereocenters. The van der Waals surface area contributed by atoms with Crippen molar-refractivity contribution in [3.8, 4) is 5.75 Å². The number of carboxylic acid groups (broad SMARTS) is 3. The minimum absolute atomic E-state index is 0.000989. The van der Waals surface area contributed by atoms with Crippen LogP contribution in [0.1, 0.15) is 89.3 Å². The molecule has 0 radical (unpaired) electrons. The Balaban J connectivity index is 1.65. The Morgan fingerprint density at radius 1 is 0.524 bits per heavy atom.